The maximum Gasteiger partial charge on any atom is 0.243 e. The zero-order valence-electron chi connectivity index (χ0n) is 12.6. The Morgan fingerprint density at radius 2 is 1.81 bits per heavy atom. The van der Waals surface area contributed by atoms with E-state index in [0.29, 0.717) is 19.6 Å². The smallest absolute Gasteiger partial charge is 0.243 e. The fourth-order valence-electron chi connectivity index (χ4n) is 2.42. The minimum absolute atomic E-state index is 0.193. The number of benzene rings is 1. The summed E-state index contributed by atoms with van der Waals surface area (Å²) in [5.74, 6) is -0.193. The van der Waals surface area contributed by atoms with Crippen molar-refractivity contribution < 1.29 is 13.2 Å². The number of nitrogens with zero attached hydrogens (tertiary/aromatic N) is 3. The van der Waals surface area contributed by atoms with E-state index in [1.165, 1.54) is 9.21 Å². The van der Waals surface area contributed by atoms with Crippen molar-refractivity contribution in [3.63, 3.8) is 0 Å². The van der Waals surface area contributed by atoms with Gasteiger partial charge in [0, 0.05) is 33.7 Å². The number of carbonyl (C=O) groups is 1. The molecule has 6 nitrogen and oxygen atoms in total. The summed E-state index contributed by atoms with van der Waals surface area (Å²) in [5, 5.41) is 0. The van der Waals surface area contributed by atoms with Crippen LogP contribution in [0, 0.1) is 0 Å². The first kappa shape index (κ1) is 15.9. The third kappa shape index (κ3) is 3.25. The number of carbonyl (C=O) groups excluding carboxylic acids is 1. The summed E-state index contributed by atoms with van der Waals surface area (Å²) in [5.41, 5.74) is 0. The van der Waals surface area contributed by atoms with Crippen LogP contribution in [0.1, 0.15) is 0 Å². The molecule has 0 unspecified atom stereocenters. The average molecular weight is 311 g/mol. The van der Waals surface area contributed by atoms with Gasteiger partial charge < -0.3 is 9.80 Å². The number of piperazine rings is 1. The molecule has 2 rings (SSSR count). The quantitative estimate of drug-likeness (QED) is 0.793. The monoisotopic (exact) mass is 311 g/mol. The molecule has 1 fully saturated rings. The first-order valence-electron chi connectivity index (χ1n) is 6.80. The Labute approximate surface area is 126 Å². The van der Waals surface area contributed by atoms with Crippen LogP contribution in [-0.2, 0) is 14.8 Å². The minimum Gasteiger partial charge on any atom is -0.347 e. The maximum absolute atomic E-state index is 12.8. The fraction of sp³-hybridized carbons (Fsp3) is 0.500. The van der Waals surface area contributed by atoms with Crippen molar-refractivity contribution in [1.82, 2.24) is 14.1 Å². The summed E-state index contributed by atoms with van der Waals surface area (Å²) in [7, 11) is 1.52. The summed E-state index contributed by atoms with van der Waals surface area (Å²) >= 11 is 0. The molecule has 1 saturated heterocycles. The Balaban J connectivity index is 2.37. The van der Waals surface area contributed by atoms with Gasteiger partial charge in [0.15, 0.2) is 0 Å². The highest BCUT2D eigenvalue weighted by atomic mass is 32.2. The van der Waals surface area contributed by atoms with Gasteiger partial charge in [-0.2, -0.15) is 4.31 Å². The van der Waals surface area contributed by atoms with E-state index in [1.54, 1.807) is 44.4 Å². The number of rotatable bonds is 3. The van der Waals surface area contributed by atoms with E-state index in [4.69, 9.17) is 0 Å². The summed E-state index contributed by atoms with van der Waals surface area (Å²) in [6.45, 7) is 1.34. The van der Waals surface area contributed by atoms with Gasteiger partial charge in [0.2, 0.25) is 15.9 Å². The van der Waals surface area contributed by atoms with Crippen LogP contribution in [0.2, 0.25) is 0 Å². The van der Waals surface area contributed by atoms with Crippen molar-refractivity contribution in [2.45, 2.75) is 10.9 Å². The Morgan fingerprint density at radius 3 is 2.38 bits per heavy atom. The molecule has 0 aromatic heterocycles. The molecule has 0 saturated carbocycles. The molecule has 0 aliphatic carbocycles. The van der Waals surface area contributed by atoms with Crippen LogP contribution < -0.4 is 0 Å². The first-order valence-corrected chi connectivity index (χ1v) is 8.24. The zero-order chi connectivity index (χ0) is 15.6. The van der Waals surface area contributed by atoms with Crippen LogP contribution in [-0.4, -0.2) is 75.2 Å². The average Bonchev–Trinajstić information content (AvgIpc) is 2.47. The third-order valence-electron chi connectivity index (χ3n) is 3.61. The summed E-state index contributed by atoms with van der Waals surface area (Å²) in [4.78, 5) is 16.0. The van der Waals surface area contributed by atoms with Gasteiger partial charge >= 0.3 is 0 Å². The van der Waals surface area contributed by atoms with E-state index in [-0.39, 0.29) is 10.8 Å². The van der Waals surface area contributed by atoms with E-state index in [1.807, 2.05) is 11.9 Å². The van der Waals surface area contributed by atoms with Crippen LogP contribution in [0.4, 0.5) is 0 Å². The van der Waals surface area contributed by atoms with Gasteiger partial charge in [-0.25, -0.2) is 8.42 Å². The highest BCUT2D eigenvalue weighted by Gasteiger charge is 2.39. The van der Waals surface area contributed by atoms with Crippen LogP contribution in [0.5, 0.6) is 0 Å². The van der Waals surface area contributed by atoms with Gasteiger partial charge in [-0.1, -0.05) is 18.2 Å². The van der Waals surface area contributed by atoms with E-state index >= 15 is 0 Å². The first-order chi connectivity index (χ1) is 9.84. The summed E-state index contributed by atoms with van der Waals surface area (Å²) in [6, 6.07) is 7.59. The lowest BCUT2D eigenvalue weighted by molar-refractivity contribution is -0.134. The maximum atomic E-state index is 12.8. The number of hydrogen-bond acceptors (Lipinski definition) is 4. The van der Waals surface area contributed by atoms with Gasteiger partial charge in [0.05, 0.1) is 4.90 Å². The molecule has 0 bridgehead atoms. The molecule has 1 atom stereocenters. The van der Waals surface area contributed by atoms with Crippen LogP contribution in [0.25, 0.3) is 0 Å². The van der Waals surface area contributed by atoms with E-state index in [0.717, 1.165) is 0 Å². The van der Waals surface area contributed by atoms with Crippen molar-refractivity contribution in [3.05, 3.63) is 30.3 Å². The van der Waals surface area contributed by atoms with Gasteiger partial charge in [-0.3, -0.25) is 4.79 Å². The number of amides is 1. The fourth-order valence-corrected chi connectivity index (χ4v) is 4.00. The second kappa shape index (κ2) is 6.13. The van der Waals surface area contributed by atoms with Gasteiger partial charge in [0.1, 0.15) is 6.04 Å². The van der Waals surface area contributed by atoms with Crippen molar-refractivity contribution in [1.29, 1.82) is 0 Å². The van der Waals surface area contributed by atoms with Crippen molar-refractivity contribution in [3.8, 4) is 0 Å². The van der Waals surface area contributed by atoms with Crippen LogP contribution in [0.3, 0.4) is 0 Å². The molecular formula is C14H21N3O3S. The van der Waals surface area contributed by atoms with Gasteiger partial charge in [0.25, 0.3) is 0 Å². The lowest BCUT2D eigenvalue weighted by Gasteiger charge is -2.39. The largest absolute Gasteiger partial charge is 0.347 e. The third-order valence-corrected chi connectivity index (χ3v) is 5.53. The number of hydrogen-bond donors (Lipinski definition) is 0. The Hall–Kier alpha value is -1.44. The predicted molar refractivity (Wildman–Crippen MR) is 80.3 cm³/mol. The van der Waals surface area contributed by atoms with Gasteiger partial charge in [-0.15, -0.1) is 0 Å². The lowest BCUT2D eigenvalue weighted by atomic mass is 10.2. The molecule has 1 aromatic carbocycles. The molecule has 1 aromatic rings. The van der Waals surface area contributed by atoms with E-state index in [9.17, 15) is 13.2 Å². The van der Waals surface area contributed by atoms with E-state index in [2.05, 4.69) is 0 Å². The second-order valence-electron chi connectivity index (χ2n) is 5.44. The second-order valence-corrected chi connectivity index (χ2v) is 7.33. The lowest BCUT2D eigenvalue weighted by Crippen LogP contribution is -2.59. The predicted octanol–water partition coefficient (Wildman–Crippen LogP) is 0.0795. The van der Waals surface area contributed by atoms with E-state index < -0.39 is 16.1 Å². The molecule has 116 valence electrons. The highest BCUT2D eigenvalue weighted by Crippen LogP contribution is 2.21. The summed E-state index contributed by atoms with van der Waals surface area (Å²) in [6.07, 6.45) is 0. The molecule has 1 heterocycles. The zero-order valence-corrected chi connectivity index (χ0v) is 13.4. The molecule has 0 N–H and O–H groups in total. The molecule has 0 spiro atoms. The topological polar surface area (TPSA) is 60.9 Å². The Kier molecular flexibility index (Phi) is 4.65. The van der Waals surface area contributed by atoms with Crippen LogP contribution in [0.15, 0.2) is 35.2 Å². The van der Waals surface area contributed by atoms with Crippen molar-refractivity contribution in [2.24, 2.45) is 0 Å². The summed E-state index contributed by atoms with van der Waals surface area (Å²) < 4.78 is 26.9. The minimum atomic E-state index is -3.65. The SMILES string of the molecule is CN1CCN(S(=O)(=O)c2ccccc2)[C@H](C(=O)N(C)C)C1. The highest BCUT2D eigenvalue weighted by molar-refractivity contribution is 7.89. The Bertz CT molecular complexity index is 601. The van der Waals surface area contributed by atoms with Crippen molar-refractivity contribution in [2.75, 3.05) is 40.8 Å². The molecule has 1 amide bonds. The molecule has 1 aliphatic rings. The molecule has 21 heavy (non-hydrogen) atoms. The van der Waals surface area contributed by atoms with Crippen molar-refractivity contribution >= 4 is 15.9 Å². The van der Waals surface area contributed by atoms with Crippen LogP contribution >= 0.6 is 0 Å². The molecule has 0 radical (unpaired) electrons. The standard InChI is InChI=1S/C14H21N3O3S/c1-15(2)14(18)13-11-16(3)9-10-17(13)21(19,20)12-7-5-4-6-8-12/h4-8,13H,9-11H2,1-3H3/t13-/m0/s1. The Morgan fingerprint density at radius 1 is 1.19 bits per heavy atom. The number of sulfonamides is 1. The molecule has 7 heteroatoms. The van der Waals surface area contributed by atoms with Gasteiger partial charge in [-0.05, 0) is 19.2 Å². The normalized spacial score (nSPS) is 21.2. The molecule has 1 aliphatic heterocycles. The number of likely N-dealkylation sites (N-methyl/N-ethyl adjacent to an activating group) is 2. The molecular weight excluding hydrogens is 290 g/mol.